The van der Waals surface area contributed by atoms with E-state index in [2.05, 4.69) is 5.32 Å². The monoisotopic (exact) mass is 366 g/mol. The Bertz CT molecular complexity index is 741. The van der Waals surface area contributed by atoms with Gasteiger partial charge in [-0.15, -0.1) is 0 Å². The molecule has 0 aliphatic carbocycles. The van der Waals surface area contributed by atoms with Crippen molar-refractivity contribution in [2.24, 2.45) is 0 Å². The highest BCUT2D eigenvalue weighted by Gasteiger charge is 2.26. The molecule has 0 aliphatic heterocycles. The molecule has 4 heteroatoms. The molecule has 0 unspecified atom stereocenters. The summed E-state index contributed by atoms with van der Waals surface area (Å²) in [4.78, 5) is 27.4. The quantitative estimate of drug-likeness (QED) is 0.771. The van der Waals surface area contributed by atoms with Crippen LogP contribution in [0.15, 0.2) is 54.6 Å². The third kappa shape index (κ3) is 6.24. The van der Waals surface area contributed by atoms with Crippen LogP contribution in [-0.2, 0) is 22.6 Å². The summed E-state index contributed by atoms with van der Waals surface area (Å²) in [6.45, 7) is 8.24. The fraction of sp³-hybridized carbons (Fsp3) is 0.391. The van der Waals surface area contributed by atoms with E-state index in [9.17, 15) is 9.59 Å². The van der Waals surface area contributed by atoms with Crippen LogP contribution < -0.4 is 5.32 Å². The molecule has 0 radical (unpaired) electrons. The van der Waals surface area contributed by atoms with Crippen molar-refractivity contribution in [2.75, 3.05) is 0 Å². The first kappa shape index (κ1) is 20.7. The summed E-state index contributed by atoms with van der Waals surface area (Å²) in [6.07, 6.45) is 1.14. The van der Waals surface area contributed by atoms with E-state index < -0.39 is 6.04 Å². The van der Waals surface area contributed by atoms with Gasteiger partial charge in [0.15, 0.2) is 0 Å². The predicted octanol–water partition coefficient (Wildman–Crippen LogP) is 3.87. The van der Waals surface area contributed by atoms with E-state index in [4.69, 9.17) is 0 Å². The highest BCUT2D eigenvalue weighted by Crippen LogP contribution is 2.13. The van der Waals surface area contributed by atoms with Gasteiger partial charge in [-0.2, -0.15) is 0 Å². The Balaban J connectivity index is 2.18. The highest BCUT2D eigenvalue weighted by molar-refractivity contribution is 5.88. The number of benzene rings is 2. The SMILES string of the molecule is CC[C@@H](C)NC(=O)[C@H](C)N(Cc1ccccc1)C(=O)Cc1ccc(C)cc1. The van der Waals surface area contributed by atoms with Crippen LogP contribution >= 0.6 is 0 Å². The molecule has 0 saturated carbocycles. The molecular formula is C23H30N2O2. The van der Waals surface area contributed by atoms with Crippen molar-refractivity contribution in [3.63, 3.8) is 0 Å². The Hall–Kier alpha value is -2.62. The van der Waals surface area contributed by atoms with Crippen LogP contribution in [0.1, 0.15) is 43.9 Å². The van der Waals surface area contributed by atoms with Gasteiger partial charge < -0.3 is 10.2 Å². The maximum atomic E-state index is 13.0. The molecule has 2 atom stereocenters. The van der Waals surface area contributed by atoms with Gasteiger partial charge in [0.2, 0.25) is 11.8 Å². The third-order valence-corrected chi connectivity index (χ3v) is 4.84. The van der Waals surface area contributed by atoms with E-state index in [1.807, 2.05) is 75.4 Å². The van der Waals surface area contributed by atoms with Crippen LogP contribution in [-0.4, -0.2) is 28.8 Å². The van der Waals surface area contributed by atoms with Crippen molar-refractivity contribution in [1.29, 1.82) is 0 Å². The number of hydrogen-bond acceptors (Lipinski definition) is 2. The molecule has 2 amide bonds. The van der Waals surface area contributed by atoms with Gasteiger partial charge in [-0.3, -0.25) is 9.59 Å². The van der Waals surface area contributed by atoms with Gasteiger partial charge in [0.05, 0.1) is 6.42 Å². The lowest BCUT2D eigenvalue weighted by molar-refractivity contribution is -0.140. The summed E-state index contributed by atoms with van der Waals surface area (Å²) in [5.74, 6) is -0.160. The number of rotatable bonds is 8. The fourth-order valence-corrected chi connectivity index (χ4v) is 2.81. The average molecular weight is 367 g/mol. The first-order chi connectivity index (χ1) is 12.9. The van der Waals surface area contributed by atoms with Crippen LogP contribution in [0.5, 0.6) is 0 Å². The molecule has 0 spiro atoms. The summed E-state index contributed by atoms with van der Waals surface area (Å²) >= 11 is 0. The highest BCUT2D eigenvalue weighted by atomic mass is 16.2. The van der Waals surface area contributed by atoms with Crippen LogP contribution in [0.25, 0.3) is 0 Å². The molecule has 27 heavy (non-hydrogen) atoms. The zero-order valence-electron chi connectivity index (χ0n) is 16.7. The van der Waals surface area contributed by atoms with Gasteiger partial charge in [-0.1, -0.05) is 67.1 Å². The molecule has 0 saturated heterocycles. The summed E-state index contributed by atoms with van der Waals surface area (Å²) < 4.78 is 0. The fourth-order valence-electron chi connectivity index (χ4n) is 2.81. The second-order valence-electron chi connectivity index (χ2n) is 7.16. The Morgan fingerprint density at radius 1 is 0.963 bits per heavy atom. The van der Waals surface area contributed by atoms with E-state index in [0.29, 0.717) is 6.54 Å². The first-order valence-corrected chi connectivity index (χ1v) is 9.60. The van der Waals surface area contributed by atoms with Crippen LogP contribution in [0.2, 0.25) is 0 Å². The number of carbonyl (C=O) groups is 2. The normalized spacial score (nSPS) is 12.9. The lowest BCUT2D eigenvalue weighted by atomic mass is 10.1. The Kier molecular flexibility index (Phi) is 7.59. The van der Waals surface area contributed by atoms with E-state index >= 15 is 0 Å². The van der Waals surface area contributed by atoms with E-state index in [0.717, 1.165) is 23.1 Å². The second-order valence-corrected chi connectivity index (χ2v) is 7.16. The van der Waals surface area contributed by atoms with Crippen molar-refractivity contribution in [2.45, 2.75) is 59.2 Å². The molecule has 2 aromatic rings. The van der Waals surface area contributed by atoms with Crippen molar-refractivity contribution in [3.05, 3.63) is 71.3 Å². The zero-order valence-corrected chi connectivity index (χ0v) is 16.7. The van der Waals surface area contributed by atoms with E-state index in [1.165, 1.54) is 0 Å². The topological polar surface area (TPSA) is 49.4 Å². The van der Waals surface area contributed by atoms with Crippen molar-refractivity contribution in [3.8, 4) is 0 Å². The summed E-state index contributed by atoms with van der Waals surface area (Å²) in [5.41, 5.74) is 3.13. The van der Waals surface area contributed by atoms with Crippen LogP contribution in [0, 0.1) is 6.92 Å². The third-order valence-electron chi connectivity index (χ3n) is 4.84. The van der Waals surface area contributed by atoms with Gasteiger partial charge in [-0.25, -0.2) is 0 Å². The van der Waals surface area contributed by atoms with Crippen molar-refractivity contribution in [1.82, 2.24) is 10.2 Å². The second kappa shape index (κ2) is 9.91. The van der Waals surface area contributed by atoms with Gasteiger partial charge in [-0.05, 0) is 38.3 Å². The molecule has 0 aromatic heterocycles. The number of amides is 2. The molecule has 0 heterocycles. The van der Waals surface area contributed by atoms with Gasteiger partial charge in [0.25, 0.3) is 0 Å². The van der Waals surface area contributed by atoms with E-state index in [-0.39, 0.29) is 24.3 Å². The van der Waals surface area contributed by atoms with E-state index in [1.54, 1.807) is 11.8 Å². The lowest BCUT2D eigenvalue weighted by Gasteiger charge is -2.29. The molecule has 0 aliphatic rings. The van der Waals surface area contributed by atoms with Gasteiger partial charge >= 0.3 is 0 Å². The maximum absolute atomic E-state index is 13.0. The first-order valence-electron chi connectivity index (χ1n) is 9.60. The number of nitrogens with zero attached hydrogens (tertiary/aromatic N) is 1. The Labute approximate surface area is 162 Å². The van der Waals surface area contributed by atoms with Crippen LogP contribution in [0.4, 0.5) is 0 Å². The largest absolute Gasteiger partial charge is 0.352 e. The number of carbonyl (C=O) groups excluding carboxylic acids is 2. The molecule has 4 nitrogen and oxygen atoms in total. The molecule has 1 N–H and O–H groups in total. The predicted molar refractivity (Wildman–Crippen MR) is 109 cm³/mol. The lowest BCUT2D eigenvalue weighted by Crippen LogP contribution is -2.49. The van der Waals surface area contributed by atoms with Gasteiger partial charge in [0.1, 0.15) is 6.04 Å². The van der Waals surface area contributed by atoms with Crippen molar-refractivity contribution >= 4 is 11.8 Å². The molecule has 2 rings (SSSR count). The molecule has 2 aromatic carbocycles. The Morgan fingerprint density at radius 2 is 1.59 bits per heavy atom. The summed E-state index contributed by atoms with van der Waals surface area (Å²) in [5, 5.41) is 2.99. The molecule has 0 bridgehead atoms. The standard InChI is InChI=1S/C23H30N2O2/c1-5-18(3)24-23(27)19(4)25(16-21-9-7-6-8-10-21)22(26)15-20-13-11-17(2)12-14-20/h6-14,18-19H,5,15-16H2,1-4H3,(H,24,27)/t18-,19+/m1/s1. The van der Waals surface area contributed by atoms with Gasteiger partial charge in [0, 0.05) is 12.6 Å². The molecular weight excluding hydrogens is 336 g/mol. The minimum absolute atomic E-state index is 0.0468. The summed E-state index contributed by atoms with van der Waals surface area (Å²) in [7, 11) is 0. The molecule has 144 valence electrons. The number of hydrogen-bond donors (Lipinski definition) is 1. The zero-order chi connectivity index (χ0) is 19.8. The smallest absolute Gasteiger partial charge is 0.242 e. The number of aryl methyl sites for hydroxylation is 1. The van der Waals surface area contributed by atoms with Crippen molar-refractivity contribution < 1.29 is 9.59 Å². The minimum Gasteiger partial charge on any atom is -0.352 e. The Morgan fingerprint density at radius 3 is 2.19 bits per heavy atom. The summed E-state index contributed by atoms with van der Waals surface area (Å²) in [6, 6.07) is 17.3. The minimum atomic E-state index is -0.530. The maximum Gasteiger partial charge on any atom is 0.242 e. The number of nitrogens with one attached hydrogen (secondary N) is 1. The van der Waals surface area contributed by atoms with Crippen LogP contribution in [0.3, 0.4) is 0 Å². The average Bonchev–Trinajstić information content (AvgIpc) is 2.67. The molecule has 0 fully saturated rings.